The van der Waals surface area contributed by atoms with E-state index in [0.717, 1.165) is 0 Å². The zero-order valence-electron chi connectivity index (χ0n) is 4.87. The zero-order valence-corrected chi connectivity index (χ0v) is 5.69. The van der Waals surface area contributed by atoms with E-state index < -0.39 is 16.5 Å². The lowest BCUT2D eigenvalue weighted by Crippen LogP contribution is -2.43. The van der Waals surface area contributed by atoms with Crippen LogP contribution in [0.25, 0.3) is 0 Å². The summed E-state index contributed by atoms with van der Waals surface area (Å²) in [4.78, 5) is 0. The van der Waals surface area contributed by atoms with E-state index >= 15 is 0 Å². The van der Waals surface area contributed by atoms with Crippen LogP contribution in [0.3, 0.4) is 0 Å². The van der Waals surface area contributed by atoms with Gasteiger partial charge in [-0.05, 0) is 0 Å². The molecule has 1 aliphatic rings. The topological polar surface area (TPSA) is 58.6 Å². The van der Waals surface area contributed by atoms with Gasteiger partial charge in [-0.3, -0.25) is 5.32 Å². The molecule has 0 aromatic rings. The molecule has 1 saturated heterocycles. The van der Waals surface area contributed by atoms with E-state index in [1.165, 1.54) is 0 Å². The molecule has 0 aromatic heterocycles. The van der Waals surface area contributed by atoms with Crippen molar-refractivity contribution in [2.45, 2.75) is 5.37 Å². The van der Waals surface area contributed by atoms with Gasteiger partial charge in [0, 0.05) is 6.54 Å². The van der Waals surface area contributed by atoms with E-state index in [2.05, 4.69) is 5.32 Å². The van der Waals surface area contributed by atoms with Gasteiger partial charge in [0.25, 0.3) is 0 Å². The third-order valence-corrected chi connectivity index (χ3v) is 1.92. The Morgan fingerprint density at radius 3 is 2.89 bits per heavy atom. The highest BCUT2D eigenvalue weighted by Gasteiger charge is 2.17. The summed E-state index contributed by atoms with van der Waals surface area (Å²) in [7, 11) is 0. The highest BCUT2D eigenvalue weighted by atomic mass is 32.2. The van der Waals surface area contributed by atoms with E-state index in [9.17, 15) is 4.21 Å². The molecule has 0 radical (unpaired) electrons. The molecule has 2 atom stereocenters. The number of ether oxygens (including phenoxy) is 1. The lowest BCUT2D eigenvalue weighted by Gasteiger charge is -2.19. The Balaban J connectivity index is 2.31. The molecule has 9 heavy (non-hydrogen) atoms. The fourth-order valence-electron chi connectivity index (χ4n) is 0.671. The fourth-order valence-corrected chi connectivity index (χ4v) is 1.14. The molecule has 0 saturated carbocycles. The van der Waals surface area contributed by atoms with Gasteiger partial charge in [0.2, 0.25) is 0 Å². The summed E-state index contributed by atoms with van der Waals surface area (Å²) < 4.78 is 23.8. The molecular formula is C4H9NO3S. The van der Waals surface area contributed by atoms with Crippen LogP contribution in [0, 0.1) is 0 Å². The van der Waals surface area contributed by atoms with Gasteiger partial charge in [0.05, 0.1) is 13.2 Å². The van der Waals surface area contributed by atoms with E-state index in [1.807, 2.05) is 0 Å². The van der Waals surface area contributed by atoms with Crippen molar-refractivity contribution in [1.82, 2.24) is 5.32 Å². The molecule has 2 N–H and O–H groups in total. The summed E-state index contributed by atoms with van der Waals surface area (Å²) in [5, 5.41) is 2.45. The largest absolute Gasteiger partial charge is 0.377 e. The summed E-state index contributed by atoms with van der Waals surface area (Å²) in [6, 6.07) is 0. The average Bonchev–Trinajstić information content (AvgIpc) is 1.90. The van der Waals surface area contributed by atoms with Gasteiger partial charge in [0.15, 0.2) is 11.1 Å². The maximum Gasteiger partial charge on any atom is 0.173 e. The van der Waals surface area contributed by atoms with Crippen molar-refractivity contribution in [2.24, 2.45) is 0 Å². The van der Waals surface area contributed by atoms with E-state index in [-0.39, 0.29) is 0 Å². The Bertz CT molecular complexity index is 112. The number of nitrogens with one attached hydrogen (secondary N) is 1. The lowest BCUT2D eigenvalue weighted by atomic mass is 10.5. The molecule has 1 aliphatic heterocycles. The quantitative estimate of drug-likeness (QED) is 0.479. The van der Waals surface area contributed by atoms with Crippen molar-refractivity contribution in [3.05, 3.63) is 0 Å². The lowest BCUT2D eigenvalue weighted by molar-refractivity contribution is 0.0974. The van der Waals surface area contributed by atoms with Crippen LogP contribution in [0.4, 0.5) is 0 Å². The van der Waals surface area contributed by atoms with Crippen LogP contribution in [0.1, 0.15) is 0 Å². The molecule has 2 unspecified atom stereocenters. The third kappa shape index (κ3) is 2.02. The first-order chi connectivity index (χ1) is 4.30. The smallest absolute Gasteiger partial charge is 0.173 e. The average molecular weight is 151 g/mol. The first kappa shape index (κ1) is 7.14. The molecule has 0 bridgehead atoms. The molecule has 1 heterocycles. The minimum absolute atomic E-state index is 0.336. The van der Waals surface area contributed by atoms with Crippen molar-refractivity contribution < 1.29 is 13.5 Å². The predicted octanol–water partition coefficient (Wildman–Crippen LogP) is -0.846. The fraction of sp³-hybridized carbons (Fsp3) is 1.00. The van der Waals surface area contributed by atoms with Gasteiger partial charge in [-0.1, -0.05) is 0 Å². The molecule has 0 spiro atoms. The Labute approximate surface area is 55.9 Å². The summed E-state index contributed by atoms with van der Waals surface area (Å²) in [5.41, 5.74) is 0. The van der Waals surface area contributed by atoms with Crippen molar-refractivity contribution in [3.8, 4) is 0 Å². The highest BCUT2D eigenvalue weighted by molar-refractivity contribution is 7.79. The molecule has 1 fully saturated rings. The van der Waals surface area contributed by atoms with Crippen molar-refractivity contribution >= 4 is 11.1 Å². The SMILES string of the molecule is O=S(O)C1COCCN1. The van der Waals surface area contributed by atoms with Gasteiger partial charge in [0.1, 0.15) is 5.37 Å². The minimum Gasteiger partial charge on any atom is -0.377 e. The summed E-state index contributed by atoms with van der Waals surface area (Å²) >= 11 is -1.79. The summed E-state index contributed by atoms with van der Waals surface area (Å²) in [5.74, 6) is 0. The molecule has 0 amide bonds. The minimum atomic E-state index is -1.79. The first-order valence-corrected chi connectivity index (χ1v) is 3.88. The van der Waals surface area contributed by atoms with Gasteiger partial charge in [-0.2, -0.15) is 0 Å². The van der Waals surface area contributed by atoms with Gasteiger partial charge in [-0.15, -0.1) is 0 Å². The monoisotopic (exact) mass is 151 g/mol. The molecule has 5 heteroatoms. The Morgan fingerprint density at radius 2 is 2.56 bits per heavy atom. The normalized spacial score (nSPS) is 31.9. The maximum absolute atomic E-state index is 10.3. The Hall–Kier alpha value is 0.0300. The number of hydrogen-bond donors (Lipinski definition) is 2. The summed E-state index contributed by atoms with van der Waals surface area (Å²) in [6.45, 7) is 1.63. The molecule has 0 aliphatic carbocycles. The number of morpholine rings is 1. The maximum atomic E-state index is 10.3. The van der Waals surface area contributed by atoms with Gasteiger partial charge >= 0.3 is 0 Å². The molecular weight excluding hydrogens is 142 g/mol. The van der Waals surface area contributed by atoms with Crippen molar-refractivity contribution in [3.63, 3.8) is 0 Å². The van der Waals surface area contributed by atoms with Crippen LogP contribution in [0.5, 0.6) is 0 Å². The van der Waals surface area contributed by atoms with Crippen LogP contribution in [-0.2, 0) is 15.8 Å². The van der Waals surface area contributed by atoms with Gasteiger partial charge < -0.3 is 9.29 Å². The third-order valence-electron chi connectivity index (χ3n) is 1.13. The zero-order chi connectivity index (χ0) is 6.69. The van der Waals surface area contributed by atoms with Gasteiger partial charge in [-0.25, -0.2) is 4.21 Å². The summed E-state index contributed by atoms with van der Waals surface area (Å²) in [6.07, 6.45) is 0. The Morgan fingerprint density at radius 1 is 1.78 bits per heavy atom. The highest BCUT2D eigenvalue weighted by Crippen LogP contribution is 1.94. The Kier molecular flexibility index (Phi) is 2.59. The van der Waals surface area contributed by atoms with E-state index in [0.29, 0.717) is 19.8 Å². The van der Waals surface area contributed by atoms with Crippen molar-refractivity contribution in [2.75, 3.05) is 19.8 Å². The predicted molar refractivity (Wildman–Crippen MR) is 33.4 cm³/mol. The van der Waals surface area contributed by atoms with Crippen LogP contribution >= 0.6 is 0 Å². The second-order valence-corrected chi connectivity index (χ2v) is 2.92. The molecule has 0 aromatic carbocycles. The first-order valence-electron chi connectivity index (χ1n) is 2.71. The molecule has 54 valence electrons. The van der Waals surface area contributed by atoms with E-state index in [1.54, 1.807) is 0 Å². The van der Waals surface area contributed by atoms with Crippen LogP contribution in [0.15, 0.2) is 0 Å². The van der Waals surface area contributed by atoms with Crippen molar-refractivity contribution in [1.29, 1.82) is 0 Å². The van der Waals surface area contributed by atoms with Crippen LogP contribution < -0.4 is 5.32 Å². The number of rotatable bonds is 1. The standard InChI is InChI=1S/C4H9NO3S/c6-9(7)4-3-8-2-1-5-4/h4-5H,1-3H2,(H,6,7). The second-order valence-electron chi connectivity index (χ2n) is 1.79. The molecule has 1 rings (SSSR count). The van der Waals surface area contributed by atoms with Crippen LogP contribution in [0.2, 0.25) is 0 Å². The van der Waals surface area contributed by atoms with Crippen LogP contribution in [-0.4, -0.2) is 33.9 Å². The molecule has 4 nitrogen and oxygen atoms in total. The van der Waals surface area contributed by atoms with E-state index in [4.69, 9.17) is 9.29 Å². The number of hydrogen-bond acceptors (Lipinski definition) is 3. The second kappa shape index (κ2) is 3.26.